The van der Waals surface area contributed by atoms with Crippen LogP contribution in [0.3, 0.4) is 0 Å². The molecule has 2 nitrogen and oxygen atoms in total. The van der Waals surface area contributed by atoms with Gasteiger partial charge in [0.15, 0.2) is 11.6 Å². The Kier molecular flexibility index (Phi) is 4.66. The summed E-state index contributed by atoms with van der Waals surface area (Å²) in [6.45, 7) is 1.61. The van der Waals surface area contributed by atoms with E-state index < -0.39 is 11.6 Å². The van der Waals surface area contributed by atoms with Gasteiger partial charge < -0.3 is 5.11 Å². The largest absolute Gasteiger partial charge is 0.395 e. The van der Waals surface area contributed by atoms with Crippen LogP contribution in [-0.2, 0) is 6.54 Å². The summed E-state index contributed by atoms with van der Waals surface area (Å²) in [5.74, 6) is -1.61. The molecular weight excluding hydrogens is 236 g/mol. The minimum absolute atomic E-state index is 0.129. The Morgan fingerprint density at radius 3 is 2.72 bits per heavy atom. The van der Waals surface area contributed by atoms with Crippen molar-refractivity contribution >= 4 is 0 Å². The van der Waals surface area contributed by atoms with Crippen LogP contribution in [-0.4, -0.2) is 29.2 Å². The lowest BCUT2D eigenvalue weighted by Gasteiger charge is -2.28. The lowest BCUT2D eigenvalue weighted by molar-refractivity contribution is 0.118. The van der Waals surface area contributed by atoms with E-state index >= 15 is 0 Å². The van der Waals surface area contributed by atoms with Gasteiger partial charge in [0.05, 0.1) is 6.61 Å². The van der Waals surface area contributed by atoms with E-state index in [1.807, 2.05) is 0 Å². The Morgan fingerprint density at radius 1 is 1.17 bits per heavy atom. The SMILES string of the molecule is OCC1CCCCCN1Cc1ccc(F)c(F)c1. The number of rotatable bonds is 3. The highest BCUT2D eigenvalue weighted by molar-refractivity contribution is 5.17. The van der Waals surface area contributed by atoms with Crippen LogP contribution in [0.25, 0.3) is 0 Å². The molecule has 1 aliphatic rings. The molecule has 1 atom stereocenters. The van der Waals surface area contributed by atoms with Crippen LogP contribution in [0.1, 0.15) is 31.2 Å². The van der Waals surface area contributed by atoms with Crippen molar-refractivity contribution in [3.63, 3.8) is 0 Å². The first-order valence-corrected chi connectivity index (χ1v) is 6.49. The molecule has 1 heterocycles. The summed E-state index contributed by atoms with van der Waals surface area (Å²) in [4.78, 5) is 2.17. The van der Waals surface area contributed by atoms with Gasteiger partial charge in [-0.05, 0) is 37.1 Å². The maximum absolute atomic E-state index is 13.1. The van der Waals surface area contributed by atoms with Gasteiger partial charge in [-0.1, -0.05) is 18.9 Å². The second-order valence-electron chi connectivity index (χ2n) is 4.90. The molecule has 0 spiro atoms. The zero-order chi connectivity index (χ0) is 13.0. The maximum atomic E-state index is 13.1. The molecule has 18 heavy (non-hydrogen) atoms. The predicted octanol–water partition coefficient (Wildman–Crippen LogP) is 2.70. The number of hydrogen-bond acceptors (Lipinski definition) is 2. The average molecular weight is 255 g/mol. The molecule has 100 valence electrons. The maximum Gasteiger partial charge on any atom is 0.159 e. The summed E-state index contributed by atoms with van der Waals surface area (Å²) in [7, 11) is 0. The molecule has 1 aliphatic heterocycles. The fourth-order valence-corrected chi connectivity index (χ4v) is 2.52. The molecule has 1 saturated heterocycles. The Labute approximate surface area is 106 Å². The van der Waals surface area contributed by atoms with Crippen molar-refractivity contribution in [2.45, 2.75) is 38.3 Å². The van der Waals surface area contributed by atoms with E-state index in [2.05, 4.69) is 4.90 Å². The molecule has 2 rings (SSSR count). The van der Waals surface area contributed by atoms with Crippen molar-refractivity contribution in [1.82, 2.24) is 4.90 Å². The van der Waals surface area contributed by atoms with Crippen LogP contribution in [0.5, 0.6) is 0 Å². The Morgan fingerprint density at radius 2 is 2.00 bits per heavy atom. The molecule has 0 radical (unpaired) electrons. The van der Waals surface area contributed by atoms with Gasteiger partial charge in [0.2, 0.25) is 0 Å². The zero-order valence-electron chi connectivity index (χ0n) is 10.4. The number of likely N-dealkylation sites (tertiary alicyclic amines) is 1. The molecule has 0 aromatic heterocycles. The van der Waals surface area contributed by atoms with Crippen molar-refractivity contribution < 1.29 is 13.9 Å². The summed E-state index contributed by atoms with van der Waals surface area (Å²) < 4.78 is 26.0. The highest BCUT2D eigenvalue weighted by Gasteiger charge is 2.20. The van der Waals surface area contributed by atoms with Gasteiger partial charge in [0.25, 0.3) is 0 Å². The van der Waals surface area contributed by atoms with Crippen LogP contribution in [0.4, 0.5) is 8.78 Å². The fraction of sp³-hybridized carbons (Fsp3) is 0.571. The molecule has 1 aromatic carbocycles. The number of halogens is 2. The number of hydrogen-bond donors (Lipinski definition) is 1. The first kappa shape index (κ1) is 13.4. The van der Waals surface area contributed by atoms with Gasteiger partial charge in [0, 0.05) is 12.6 Å². The lowest BCUT2D eigenvalue weighted by Crippen LogP contribution is -2.36. The van der Waals surface area contributed by atoms with Crippen LogP contribution < -0.4 is 0 Å². The average Bonchev–Trinajstić information content (AvgIpc) is 2.59. The van der Waals surface area contributed by atoms with E-state index in [4.69, 9.17) is 0 Å². The number of aliphatic hydroxyl groups excluding tert-OH is 1. The second-order valence-corrected chi connectivity index (χ2v) is 4.90. The van der Waals surface area contributed by atoms with E-state index in [0.717, 1.165) is 37.4 Å². The van der Waals surface area contributed by atoms with Crippen LogP contribution in [0, 0.1) is 11.6 Å². The third kappa shape index (κ3) is 3.27. The lowest BCUT2D eigenvalue weighted by atomic mass is 10.1. The minimum Gasteiger partial charge on any atom is -0.395 e. The van der Waals surface area contributed by atoms with Gasteiger partial charge in [-0.15, -0.1) is 0 Å². The molecule has 1 N–H and O–H groups in total. The van der Waals surface area contributed by atoms with E-state index in [0.29, 0.717) is 6.54 Å². The van der Waals surface area contributed by atoms with Crippen LogP contribution >= 0.6 is 0 Å². The first-order valence-electron chi connectivity index (χ1n) is 6.49. The first-order chi connectivity index (χ1) is 8.70. The van der Waals surface area contributed by atoms with Crippen molar-refractivity contribution in [1.29, 1.82) is 0 Å². The van der Waals surface area contributed by atoms with E-state index in [9.17, 15) is 13.9 Å². The standard InChI is InChI=1S/C14H19F2NO/c15-13-6-5-11(8-14(13)16)9-17-7-3-1-2-4-12(17)10-18/h5-6,8,12,18H,1-4,7,9-10H2. The molecule has 1 unspecified atom stereocenters. The topological polar surface area (TPSA) is 23.5 Å². The summed E-state index contributed by atoms with van der Waals surface area (Å²) in [5, 5.41) is 9.39. The Hall–Kier alpha value is -1.00. The van der Waals surface area contributed by atoms with Crippen LogP contribution in [0.15, 0.2) is 18.2 Å². The molecule has 0 saturated carbocycles. The fourth-order valence-electron chi connectivity index (χ4n) is 2.52. The number of nitrogens with zero attached hydrogens (tertiary/aromatic N) is 1. The van der Waals surface area contributed by atoms with Crippen molar-refractivity contribution in [2.75, 3.05) is 13.2 Å². The highest BCUT2D eigenvalue weighted by atomic mass is 19.2. The predicted molar refractivity (Wildman–Crippen MR) is 66.1 cm³/mol. The summed E-state index contributed by atoms with van der Waals surface area (Å²) in [6, 6.07) is 4.16. The number of aliphatic hydroxyl groups is 1. The highest BCUT2D eigenvalue weighted by Crippen LogP contribution is 2.19. The molecule has 0 amide bonds. The van der Waals surface area contributed by atoms with Gasteiger partial charge in [0.1, 0.15) is 0 Å². The summed E-state index contributed by atoms with van der Waals surface area (Å²) in [5.41, 5.74) is 0.759. The second kappa shape index (κ2) is 6.25. The van der Waals surface area contributed by atoms with Crippen LogP contribution in [0.2, 0.25) is 0 Å². The van der Waals surface area contributed by atoms with Gasteiger partial charge in [-0.2, -0.15) is 0 Å². The van der Waals surface area contributed by atoms with E-state index in [1.54, 1.807) is 6.07 Å². The third-order valence-electron chi connectivity index (χ3n) is 3.58. The third-order valence-corrected chi connectivity index (χ3v) is 3.58. The molecular formula is C14H19F2NO. The number of benzene rings is 1. The molecule has 0 aliphatic carbocycles. The van der Waals surface area contributed by atoms with Gasteiger partial charge in [-0.3, -0.25) is 4.90 Å². The normalized spacial score (nSPS) is 21.8. The van der Waals surface area contributed by atoms with Gasteiger partial charge in [-0.25, -0.2) is 8.78 Å². The molecule has 4 heteroatoms. The quantitative estimate of drug-likeness (QED) is 0.897. The van der Waals surface area contributed by atoms with E-state index in [-0.39, 0.29) is 12.6 Å². The summed E-state index contributed by atoms with van der Waals surface area (Å²) >= 11 is 0. The molecule has 1 aromatic rings. The zero-order valence-corrected chi connectivity index (χ0v) is 10.4. The van der Waals surface area contributed by atoms with Crippen molar-refractivity contribution in [2.24, 2.45) is 0 Å². The monoisotopic (exact) mass is 255 g/mol. The Balaban J connectivity index is 2.07. The smallest absolute Gasteiger partial charge is 0.159 e. The van der Waals surface area contributed by atoms with E-state index in [1.165, 1.54) is 12.5 Å². The molecule has 0 bridgehead atoms. The summed E-state index contributed by atoms with van der Waals surface area (Å²) in [6.07, 6.45) is 4.37. The molecule has 1 fully saturated rings. The minimum atomic E-state index is -0.812. The Bertz CT molecular complexity index is 397. The van der Waals surface area contributed by atoms with Gasteiger partial charge >= 0.3 is 0 Å². The van der Waals surface area contributed by atoms with Crippen molar-refractivity contribution in [3.8, 4) is 0 Å². The van der Waals surface area contributed by atoms with Crippen molar-refractivity contribution in [3.05, 3.63) is 35.4 Å².